The molecular formula is C23H20F6N6O3. The zero-order chi connectivity index (χ0) is 27.5. The SMILES string of the molecule is CC(=O)N1CCO[C@@H](C(F)(F)F)C1n1nc(C2CN(C(=O)c3cc(N)ncc3F)C2)c2c(F)cc(F)cc21. The second-order valence-electron chi connectivity index (χ2n) is 9.07. The fraction of sp³-hybridized carbons (Fsp3) is 0.391. The van der Waals surface area contributed by atoms with Gasteiger partial charge < -0.3 is 20.3 Å². The van der Waals surface area contributed by atoms with E-state index in [9.17, 15) is 31.5 Å². The van der Waals surface area contributed by atoms with E-state index >= 15 is 4.39 Å². The molecule has 0 spiro atoms. The normalized spacial score (nSPS) is 20.6. The Balaban J connectivity index is 1.55. The first kappa shape index (κ1) is 25.8. The maximum atomic E-state index is 15.0. The van der Waals surface area contributed by atoms with Crippen molar-refractivity contribution in [3.8, 4) is 0 Å². The molecule has 9 nitrogen and oxygen atoms in total. The van der Waals surface area contributed by atoms with E-state index in [1.54, 1.807) is 0 Å². The third-order valence-corrected chi connectivity index (χ3v) is 6.61. The number of pyridine rings is 1. The highest BCUT2D eigenvalue weighted by atomic mass is 19.4. The van der Waals surface area contributed by atoms with Crippen LogP contribution in [0.4, 0.5) is 32.2 Å². The Bertz CT molecular complexity index is 1440. The molecule has 0 bridgehead atoms. The number of fused-ring (bicyclic) bond motifs is 1. The number of nitrogens with zero attached hydrogens (tertiary/aromatic N) is 5. The number of hydrogen-bond donors (Lipinski definition) is 1. The number of benzene rings is 1. The molecule has 202 valence electrons. The number of anilines is 1. The van der Waals surface area contributed by atoms with Crippen molar-refractivity contribution in [2.24, 2.45) is 0 Å². The Hall–Kier alpha value is -3.88. The van der Waals surface area contributed by atoms with Crippen molar-refractivity contribution >= 4 is 28.5 Å². The number of alkyl halides is 3. The van der Waals surface area contributed by atoms with Gasteiger partial charge in [-0.2, -0.15) is 18.3 Å². The third kappa shape index (κ3) is 4.29. The Morgan fingerprint density at radius 1 is 1.11 bits per heavy atom. The first-order valence-electron chi connectivity index (χ1n) is 11.4. The summed E-state index contributed by atoms with van der Waals surface area (Å²) in [6.07, 6.45) is -8.52. The van der Waals surface area contributed by atoms with Crippen molar-refractivity contribution in [1.82, 2.24) is 24.6 Å². The number of amides is 2. The maximum Gasteiger partial charge on any atom is 0.418 e. The van der Waals surface area contributed by atoms with Crippen LogP contribution in [-0.2, 0) is 9.53 Å². The average molecular weight is 542 g/mol. The van der Waals surface area contributed by atoms with Crippen LogP contribution in [0.25, 0.3) is 10.9 Å². The molecule has 4 heterocycles. The van der Waals surface area contributed by atoms with Crippen molar-refractivity contribution in [1.29, 1.82) is 0 Å². The van der Waals surface area contributed by atoms with Gasteiger partial charge in [-0.1, -0.05) is 0 Å². The largest absolute Gasteiger partial charge is 0.418 e. The molecule has 5 rings (SSSR count). The van der Waals surface area contributed by atoms with E-state index in [2.05, 4.69) is 10.1 Å². The van der Waals surface area contributed by atoms with E-state index in [0.29, 0.717) is 6.07 Å². The van der Waals surface area contributed by atoms with Gasteiger partial charge >= 0.3 is 6.18 Å². The number of morpholine rings is 1. The predicted molar refractivity (Wildman–Crippen MR) is 119 cm³/mol. The predicted octanol–water partition coefficient (Wildman–Crippen LogP) is 2.98. The van der Waals surface area contributed by atoms with Crippen molar-refractivity contribution in [2.75, 3.05) is 32.0 Å². The Kier molecular flexibility index (Phi) is 6.20. The summed E-state index contributed by atoms with van der Waals surface area (Å²) < 4.78 is 90.9. The number of halogens is 6. The highest BCUT2D eigenvalue weighted by molar-refractivity contribution is 5.96. The van der Waals surface area contributed by atoms with E-state index in [1.165, 1.54) is 4.90 Å². The second kappa shape index (κ2) is 9.15. The number of carbonyl (C=O) groups is 2. The van der Waals surface area contributed by atoms with Crippen LogP contribution in [0.1, 0.15) is 35.1 Å². The highest BCUT2D eigenvalue weighted by Crippen LogP contribution is 2.41. The zero-order valence-corrected chi connectivity index (χ0v) is 19.7. The van der Waals surface area contributed by atoms with Crippen molar-refractivity contribution in [3.05, 3.63) is 53.1 Å². The fourth-order valence-electron chi connectivity index (χ4n) is 4.84. The lowest BCUT2D eigenvalue weighted by molar-refractivity contribution is -0.264. The van der Waals surface area contributed by atoms with Gasteiger partial charge in [-0.3, -0.25) is 9.59 Å². The zero-order valence-electron chi connectivity index (χ0n) is 19.7. The molecule has 0 saturated carbocycles. The molecule has 2 aromatic heterocycles. The van der Waals surface area contributed by atoms with Crippen molar-refractivity contribution < 1.29 is 40.7 Å². The van der Waals surface area contributed by atoms with Gasteiger partial charge in [-0.15, -0.1) is 0 Å². The van der Waals surface area contributed by atoms with Crippen LogP contribution in [-0.4, -0.2) is 74.9 Å². The molecular weight excluding hydrogens is 522 g/mol. The minimum atomic E-state index is -4.93. The molecule has 1 aromatic carbocycles. The van der Waals surface area contributed by atoms with Crippen LogP contribution in [0.3, 0.4) is 0 Å². The number of carbonyl (C=O) groups excluding carboxylic acids is 2. The summed E-state index contributed by atoms with van der Waals surface area (Å²) in [4.78, 5) is 30.7. The molecule has 0 radical (unpaired) electrons. The quantitative estimate of drug-likeness (QED) is 0.511. The molecule has 2 aliphatic rings. The van der Waals surface area contributed by atoms with Gasteiger partial charge in [-0.25, -0.2) is 22.8 Å². The van der Waals surface area contributed by atoms with Gasteiger partial charge in [0, 0.05) is 44.6 Å². The maximum absolute atomic E-state index is 15.0. The number of aromatic nitrogens is 3. The second-order valence-corrected chi connectivity index (χ2v) is 9.07. The smallest absolute Gasteiger partial charge is 0.384 e. The Morgan fingerprint density at radius 3 is 2.47 bits per heavy atom. The van der Waals surface area contributed by atoms with E-state index < -0.39 is 60.2 Å². The fourth-order valence-corrected chi connectivity index (χ4v) is 4.84. The number of hydrogen-bond acceptors (Lipinski definition) is 6. The highest BCUT2D eigenvalue weighted by Gasteiger charge is 2.52. The van der Waals surface area contributed by atoms with Crippen LogP contribution in [0, 0.1) is 17.5 Å². The van der Waals surface area contributed by atoms with Crippen LogP contribution in [0.2, 0.25) is 0 Å². The minimum Gasteiger partial charge on any atom is -0.384 e. The summed E-state index contributed by atoms with van der Waals surface area (Å²) in [5.74, 6) is -5.22. The van der Waals surface area contributed by atoms with Crippen LogP contribution >= 0.6 is 0 Å². The van der Waals surface area contributed by atoms with Crippen LogP contribution in [0.15, 0.2) is 24.4 Å². The summed E-state index contributed by atoms with van der Waals surface area (Å²) in [5, 5.41) is 3.97. The Morgan fingerprint density at radius 2 is 1.82 bits per heavy atom. The number of nitrogens with two attached hydrogens (primary N) is 1. The van der Waals surface area contributed by atoms with E-state index in [0.717, 1.165) is 34.8 Å². The Labute approximate surface area is 210 Å². The van der Waals surface area contributed by atoms with Crippen molar-refractivity contribution in [3.63, 3.8) is 0 Å². The summed E-state index contributed by atoms with van der Waals surface area (Å²) in [7, 11) is 0. The summed E-state index contributed by atoms with van der Waals surface area (Å²) in [5.41, 5.74) is 4.85. The first-order valence-corrected chi connectivity index (χ1v) is 11.4. The molecule has 2 amide bonds. The summed E-state index contributed by atoms with van der Waals surface area (Å²) in [6.45, 7) is 0.311. The molecule has 2 N–H and O–H groups in total. The lowest BCUT2D eigenvalue weighted by atomic mass is 9.93. The number of likely N-dealkylation sites (tertiary alicyclic amines) is 1. The number of ether oxygens (including phenoxy) is 1. The van der Waals surface area contributed by atoms with Gasteiger partial charge in [0.1, 0.15) is 17.5 Å². The molecule has 2 fully saturated rings. The molecule has 2 atom stereocenters. The van der Waals surface area contributed by atoms with Gasteiger partial charge in [0.25, 0.3) is 5.91 Å². The van der Waals surface area contributed by atoms with E-state index in [1.807, 2.05) is 0 Å². The topological polar surface area (TPSA) is 107 Å². The van der Waals surface area contributed by atoms with Gasteiger partial charge in [0.05, 0.1) is 35.0 Å². The molecule has 0 aliphatic carbocycles. The summed E-state index contributed by atoms with van der Waals surface area (Å²) in [6, 6.07) is 2.45. The number of rotatable bonds is 3. The monoisotopic (exact) mass is 542 g/mol. The first-order chi connectivity index (χ1) is 17.9. The van der Waals surface area contributed by atoms with Gasteiger partial charge in [0.15, 0.2) is 18.1 Å². The molecule has 2 saturated heterocycles. The van der Waals surface area contributed by atoms with E-state index in [4.69, 9.17) is 10.5 Å². The summed E-state index contributed by atoms with van der Waals surface area (Å²) >= 11 is 0. The molecule has 2 aliphatic heterocycles. The van der Waals surface area contributed by atoms with Crippen LogP contribution < -0.4 is 5.73 Å². The lowest BCUT2D eigenvalue weighted by Gasteiger charge is -2.41. The molecule has 1 unspecified atom stereocenters. The lowest BCUT2D eigenvalue weighted by Crippen LogP contribution is -2.55. The van der Waals surface area contributed by atoms with Gasteiger partial charge in [-0.05, 0) is 6.07 Å². The molecule has 15 heteroatoms. The van der Waals surface area contributed by atoms with Crippen molar-refractivity contribution in [2.45, 2.75) is 31.3 Å². The molecule has 38 heavy (non-hydrogen) atoms. The third-order valence-electron chi connectivity index (χ3n) is 6.61. The van der Waals surface area contributed by atoms with E-state index in [-0.39, 0.29) is 47.6 Å². The standard InChI is InChI=1S/C23H20F6N6O3/c1-10(36)34-2-3-38-20(23(27,28)29)21(34)35-16-5-12(24)4-14(25)18(16)19(32-35)11-8-33(9-11)22(37)13-6-17(30)31-7-15(13)26/h4-7,11,20-21H,2-3,8-9H2,1H3,(H2,30,31)/t20-,21?/m1/s1. The van der Waals surface area contributed by atoms with Crippen LogP contribution in [0.5, 0.6) is 0 Å². The van der Waals surface area contributed by atoms with Gasteiger partial charge in [0.2, 0.25) is 5.91 Å². The molecule has 3 aromatic rings. The number of nitrogen functional groups attached to an aromatic ring is 1. The minimum absolute atomic E-state index is 0.0359. The average Bonchev–Trinajstić information content (AvgIpc) is 3.17.